The number of allylic oxidation sites excluding steroid dienone is 2. The number of anilines is 1. The highest BCUT2D eigenvalue weighted by atomic mass is 16.5. The molecule has 9 nitrogen and oxygen atoms in total. The lowest BCUT2D eigenvalue weighted by atomic mass is 9.91. The van der Waals surface area contributed by atoms with E-state index in [-0.39, 0.29) is 18.4 Å². The Hall–Kier alpha value is -3.36. The van der Waals surface area contributed by atoms with E-state index in [4.69, 9.17) is 9.72 Å². The molecule has 172 valence electrons. The van der Waals surface area contributed by atoms with Gasteiger partial charge in [0.15, 0.2) is 0 Å². The minimum Gasteiger partial charge on any atom is -0.480 e. The highest BCUT2D eigenvalue weighted by Gasteiger charge is 2.27. The monoisotopic (exact) mass is 442 g/mol. The smallest absolute Gasteiger partial charge is 0.326 e. The average molecular weight is 443 g/mol. The molecule has 1 aliphatic rings. The Morgan fingerprint density at radius 1 is 1.34 bits per heavy atom. The number of ether oxygens (including phenoxy) is 1. The summed E-state index contributed by atoms with van der Waals surface area (Å²) in [5.74, 6) is -1.23. The first-order valence-corrected chi connectivity index (χ1v) is 10.9. The summed E-state index contributed by atoms with van der Waals surface area (Å²) in [5.41, 5.74) is 1.70. The number of hydrogen-bond donors (Lipinski definition) is 3. The summed E-state index contributed by atoms with van der Waals surface area (Å²) in [7, 11) is 1.33. The number of nitrogens with one attached hydrogen (secondary N) is 2. The first-order valence-electron chi connectivity index (χ1n) is 10.9. The molecule has 1 aliphatic carbocycles. The number of rotatable bonds is 9. The molecule has 3 N–H and O–H groups in total. The third-order valence-corrected chi connectivity index (χ3v) is 5.96. The Balaban J connectivity index is 1.93. The Kier molecular flexibility index (Phi) is 7.50. The lowest BCUT2D eigenvalue weighted by Crippen LogP contribution is -2.45. The van der Waals surface area contributed by atoms with Crippen LogP contribution in [-0.4, -0.2) is 52.0 Å². The van der Waals surface area contributed by atoms with Crippen molar-refractivity contribution in [2.75, 3.05) is 19.0 Å². The Bertz CT molecular complexity index is 1030. The molecule has 3 rings (SSSR count). The van der Waals surface area contributed by atoms with Crippen molar-refractivity contribution in [2.24, 2.45) is 5.92 Å². The van der Waals surface area contributed by atoms with Crippen LogP contribution in [0.4, 0.5) is 5.82 Å². The van der Waals surface area contributed by atoms with Crippen LogP contribution in [0.15, 0.2) is 30.5 Å². The van der Waals surface area contributed by atoms with E-state index in [1.165, 1.54) is 7.11 Å². The molecule has 0 fully saturated rings. The van der Waals surface area contributed by atoms with E-state index >= 15 is 0 Å². The van der Waals surface area contributed by atoms with E-state index < -0.39 is 23.9 Å². The quantitative estimate of drug-likeness (QED) is 0.403. The summed E-state index contributed by atoms with van der Waals surface area (Å²) in [6.07, 6.45) is 9.35. The van der Waals surface area contributed by atoms with Gasteiger partial charge in [0.1, 0.15) is 24.1 Å². The van der Waals surface area contributed by atoms with Crippen molar-refractivity contribution in [1.29, 1.82) is 0 Å². The second-order valence-electron chi connectivity index (χ2n) is 8.08. The average Bonchev–Trinajstić information content (AvgIpc) is 3.18. The molecule has 2 aromatic rings. The van der Waals surface area contributed by atoms with Gasteiger partial charge in [0, 0.05) is 17.7 Å². The molecule has 32 heavy (non-hydrogen) atoms. The SMILES string of the molecule is CCC(C)C(NC(=O)c1ccn2c(NCC(=O)OC)c(C3CC=CCC3)nc2c1)C(=O)O. The molecule has 3 unspecified atom stereocenters. The summed E-state index contributed by atoms with van der Waals surface area (Å²) in [4.78, 5) is 40.8. The molecular weight excluding hydrogens is 412 g/mol. The van der Waals surface area contributed by atoms with Gasteiger partial charge >= 0.3 is 11.9 Å². The fraction of sp³-hybridized carbons (Fsp3) is 0.478. The van der Waals surface area contributed by atoms with Gasteiger partial charge in [-0.1, -0.05) is 32.4 Å². The normalized spacial score (nSPS) is 17.5. The van der Waals surface area contributed by atoms with Crippen molar-refractivity contribution in [2.45, 2.75) is 51.5 Å². The minimum atomic E-state index is -1.06. The lowest BCUT2D eigenvalue weighted by molar-refractivity contribution is -0.140. The number of amides is 1. The maximum Gasteiger partial charge on any atom is 0.326 e. The van der Waals surface area contributed by atoms with E-state index in [0.717, 1.165) is 25.0 Å². The molecule has 2 heterocycles. The Morgan fingerprint density at radius 3 is 2.75 bits per heavy atom. The second-order valence-corrected chi connectivity index (χ2v) is 8.08. The Morgan fingerprint density at radius 2 is 2.12 bits per heavy atom. The number of carboxylic acid groups (broad SMARTS) is 1. The van der Waals surface area contributed by atoms with Gasteiger partial charge in [-0.2, -0.15) is 0 Å². The van der Waals surface area contributed by atoms with Crippen LogP contribution in [0.5, 0.6) is 0 Å². The zero-order valence-corrected chi connectivity index (χ0v) is 18.6. The van der Waals surface area contributed by atoms with Crippen molar-refractivity contribution < 1.29 is 24.2 Å². The van der Waals surface area contributed by atoms with Gasteiger partial charge in [0.05, 0.1) is 12.8 Å². The predicted molar refractivity (Wildman–Crippen MR) is 120 cm³/mol. The summed E-state index contributed by atoms with van der Waals surface area (Å²) in [5, 5.41) is 15.2. The molecule has 0 saturated carbocycles. The summed E-state index contributed by atoms with van der Waals surface area (Å²) >= 11 is 0. The van der Waals surface area contributed by atoms with Gasteiger partial charge < -0.3 is 20.5 Å². The van der Waals surface area contributed by atoms with Crippen LogP contribution in [-0.2, 0) is 14.3 Å². The molecule has 0 aliphatic heterocycles. The number of carbonyl (C=O) groups excluding carboxylic acids is 2. The molecule has 9 heteroatoms. The molecule has 0 saturated heterocycles. The zero-order chi connectivity index (χ0) is 23.3. The van der Waals surface area contributed by atoms with Gasteiger partial charge in [-0.3, -0.25) is 14.0 Å². The highest BCUT2D eigenvalue weighted by Crippen LogP contribution is 2.34. The maximum atomic E-state index is 12.8. The highest BCUT2D eigenvalue weighted by molar-refractivity contribution is 5.97. The van der Waals surface area contributed by atoms with Crippen molar-refractivity contribution in [3.63, 3.8) is 0 Å². The van der Waals surface area contributed by atoms with Crippen molar-refractivity contribution >= 4 is 29.3 Å². The standard InChI is InChI=1S/C23H30N4O5/c1-4-14(2)19(23(30)31)26-22(29)16-10-11-27-17(12-16)25-20(15-8-6-5-7-9-15)21(27)24-13-18(28)32-3/h5-6,10-12,14-15,19,24H,4,7-9,13H2,1-3H3,(H,26,29)(H,30,31). The third-order valence-electron chi connectivity index (χ3n) is 5.96. The zero-order valence-electron chi connectivity index (χ0n) is 18.6. The molecule has 0 bridgehead atoms. The predicted octanol–water partition coefficient (Wildman–Crippen LogP) is 2.97. The van der Waals surface area contributed by atoms with Crippen LogP contribution in [0.2, 0.25) is 0 Å². The van der Waals surface area contributed by atoms with Gasteiger partial charge in [0.2, 0.25) is 0 Å². The number of nitrogens with zero attached hydrogens (tertiary/aromatic N) is 2. The van der Waals surface area contributed by atoms with Crippen molar-refractivity contribution in [3.8, 4) is 0 Å². The fourth-order valence-electron chi connectivity index (χ4n) is 3.84. The molecule has 0 aromatic carbocycles. The number of esters is 1. The van der Waals surface area contributed by atoms with Crippen molar-refractivity contribution in [3.05, 3.63) is 41.7 Å². The van der Waals surface area contributed by atoms with Gasteiger partial charge in [-0.25, -0.2) is 9.78 Å². The fourth-order valence-corrected chi connectivity index (χ4v) is 3.84. The van der Waals surface area contributed by atoms with Crippen LogP contribution in [0.1, 0.15) is 61.5 Å². The first kappa shape index (κ1) is 23.3. The number of pyridine rings is 1. The van der Waals surface area contributed by atoms with Crippen molar-refractivity contribution in [1.82, 2.24) is 14.7 Å². The minimum absolute atomic E-state index is 0.00269. The number of aromatic nitrogens is 2. The number of hydrogen-bond acceptors (Lipinski definition) is 6. The van der Waals surface area contributed by atoms with Crippen LogP contribution in [0, 0.1) is 5.92 Å². The van der Waals surface area contributed by atoms with Crippen LogP contribution >= 0.6 is 0 Å². The van der Waals surface area contributed by atoms with E-state index in [0.29, 0.717) is 23.4 Å². The first-order chi connectivity index (χ1) is 15.3. The van der Waals surface area contributed by atoms with E-state index in [1.54, 1.807) is 29.7 Å². The van der Waals surface area contributed by atoms with Crippen LogP contribution in [0.25, 0.3) is 5.65 Å². The summed E-state index contributed by atoms with van der Waals surface area (Å²) in [6, 6.07) is 2.29. The summed E-state index contributed by atoms with van der Waals surface area (Å²) < 4.78 is 6.54. The maximum absolute atomic E-state index is 12.8. The van der Waals surface area contributed by atoms with Gasteiger partial charge in [0.25, 0.3) is 5.91 Å². The largest absolute Gasteiger partial charge is 0.480 e. The molecule has 2 aromatic heterocycles. The van der Waals surface area contributed by atoms with Gasteiger partial charge in [-0.15, -0.1) is 0 Å². The third kappa shape index (κ3) is 5.09. The summed E-state index contributed by atoms with van der Waals surface area (Å²) in [6.45, 7) is 3.67. The molecule has 1 amide bonds. The van der Waals surface area contributed by atoms with E-state index in [9.17, 15) is 19.5 Å². The number of carboxylic acids is 1. The number of carbonyl (C=O) groups is 3. The Labute approximate surface area is 186 Å². The van der Waals surface area contributed by atoms with E-state index in [1.807, 2.05) is 6.92 Å². The number of imidazole rings is 1. The van der Waals surface area contributed by atoms with E-state index in [2.05, 4.69) is 22.8 Å². The topological polar surface area (TPSA) is 122 Å². The van der Waals surface area contributed by atoms with Crippen LogP contribution < -0.4 is 10.6 Å². The number of aliphatic carboxylic acids is 1. The molecular formula is C23H30N4O5. The molecule has 0 radical (unpaired) electrons. The lowest BCUT2D eigenvalue weighted by Gasteiger charge is -2.20. The molecule has 3 atom stereocenters. The number of fused-ring (bicyclic) bond motifs is 1. The number of methoxy groups -OCH3 is 1. The van der Waals surface area contributed by atoms with Gasteiger partial charge in [-0.05, 0) is 37.3 Å². The molecule has 0 spiro atoms. The second kappa shape index (κ2) is 10.3. The van der Waals surface area contributed by atoms with Crippen LogP contribution in [0.3, 0.4) is 0 Å².